The number of hydrogen-bond acceptors (Lipinski definition) is 4. The van der Waals surface area contributed by atoms with E-state index in [0.717, 1.165) is 21.7 Å². The molecule has 0 bridgehead atoms. The maximum atomic E-state index is 4.48. The minimum Gasteiger partial charge on any atom is -0.303 e. The standard InChI is InChI=1S/C11H13BrN2S2/c1-7-5-16-11(14-7)8(2)13-4-10-3-9(12)6-15-10/h3,5-6,8,13H,4H2,1-2H3. The van der Waals surface area contributed by atoms with Crippen molar-refractivity contribution < 1.29 is 0 Å². The van der Waals surface area contributed by atoms with Gasteiger partial charge in [0.1, 0.15) is 5.01 Å². The minimum absolute atomic E-state index is 0.319. The molecule has 0 aromatic carbocycles. The van der Waals surface area contributed by atoms with Crippen LogP contribution in [0.3, 0.4) is 0 Å². The van der Waals surface area contributed by atoms with E-state index in [1.807, 2.05) is 6.92 Å². The van der Waals surface area contributed by atoms with Crippen molar-refractivity contribution in [2.45, 2.75) is 26.4 Å². The van der Waals surface area contributed by atoms with E-state index in [9.17, 15) is 0 Å². The normalized spacial score (nSPS) is 12.9. The van der Waals surface area contributed by atoms with E-state index in [1.165, 1.54) is 4.88 Å². The summed E-state index contributed by atoms with van der Waals surface area (Å²) in [6.07, 6.45) is 0. The van der Waals surface area contributed by atoms with E-state index in [1.54, 1.807) is 22.7 Å². The van der Waals surface area contributed by atoms with Crippen molar-refractivity contribution in [1.29, 1.82) is 0 Å². The molecule has 0 spiro atoms. The third-order valence-corrected chi connectivity index (χ3v) is 5.05. The first-order chi connectivity index (χ1) is 7.65. The summed E-state index contributed by atoms with van der Waals surface area (Å²) in [5.74, 6) is 0. The molecule has 5 heteroatoms. The van der Waals surface area contributed by atoms with Gasteiger partial charge in [0, 0.05) is 32.3 Å². The lowest BCUT2D eigenvalue weighted by molar-refractivity contribution is 0.575. The molecule has 1 atom stereocenters. The number of thiophene rings is 1. The molecule has 0 radical (unpaired) electrons. The third kappa shape index (κ3) is 3.13. The highest BCUT2D eigenvalue weighted by Crippen LogP contribution is 2.22. The number of hydrogen-bond donors (Lipinski definition) is 1. The third-order valence-electron chi connectivity index (χ3n) is 2.21. The quantitative estimate of drug-likeness (QED) is 0.917. The molecule has 0 aliphatic rings. The van der Waals surface area contributed by atoms with Crippen molar-refractivity contribution in [2.24, 2.45) is 0 Å². The van der Waals surface area contributed by atoms with Gasteiger partial charge in [-0.05, 0) is 35.8 Å². The van der Waals surface area contributed by atoms with Gasteiger partial charge in [-0.15, -0.1) is 22.7 Å². The molecule has 0 amide bonds. The molecular weight excluding hydrogens is 304 g/mol. The minimum atomic E-state index is 0.319. The van der Waals surface area contributed by atoms with Crippen LogP contribution in [0.5, 0.6) is 0 Å². The van der Waals surface area contributed by atoms with Crippen LogP contribution in [-0.4, -0.2) is 4.98 Å². The highest BCUT2D eigenvalue weighted by atomic mass is 79.9. The Hall–Kier alpha value is -0.230. The predicted molar refractivity (Wildman–Crippen MR) is 74.1 cm³/mol. The Morgan fingerprint density at radius 2 is 2.25 bits per heavy atom. The molecule has 1 unspecified atom stereocenters. The summed E-state index contributed by atoms with van der Waals surface area (Å²) in [5.41, 5.74) is 1.10. The van der Waals surface area contributed by atoms with E-state index in [2.05, 4.69) is 50.0 Å². The molecule has 2 aromatic rings. The van der Waals surface area contributed by atoms with Crippen LogP contribution in [0.1, 0.15) is 28.5 Å². The Bertz CT molecular complexity index is 464. The molecule has 0 aliphatic carbocycles. The summed E-state index contributed by atoms with van der Waals surface area (Å²) >= 11 is 6.94. The summed E-state index contributed by atoms with van der Waals surface area (Å²) in [6.45, 7) is 5.08. The zero-order valence-electron chi connectivity index (χ0n) is 9.16. The molecule has 16 heavy (non-hydrogen) atoms. The van der Waals surface area contributed by atoms with Crippen molar-refractivity contribution >= 4 is 38.6 Å². The first kappa shape index (κ1) is 12.2. The van der Waals surface area contributed by atoms with Gasteiger partial charge in [-0.1, -0.05) is 0 Å². The van der Waals surface area contributed by atoms with Crippen LogP contribution in [0, 0.1) is 6.92 Å². The zero-order valence-corrected chi connectivity index (χ0v) is 12.4. The molecule has 0 aliphatic heterocycles. The molecule has 2 rings (SSSR count). The monoisotopic (exact) mass is 316 g/mol. The van der Waals surface area contributed by atoms with Gasteiger partial charge in [0.15, 0.2) is 0 Å². The molecule has 2 nitrogen and oxygen atoms in total. The van der Waals surface area contributed by atoms with Crippen molar-refractivity contribution in [2.75, 3.05) is 0 Å². The maximum absolute atomic E-state index is 4.48. The van der Waals surface area contributed by atoms with Gasteiger partial charge < -0.3 is 5.32 Å². The fraction of sp³-hybridized carbons (Fsp3) is 0.364. The Kier molecular flexibility index (Phi) is 4.13. The van der Waals surface area contributed by atoms with Gasteiger partial charge in [0.2, 0.25) is 0 Å². The van der Waals surface area contributed by atoms with Crippen molar-refractivity contribution in [3.05, 3.63) is 36.9 Å². The van der Waals surface area contributed by atoms with Crippen LogP contribution in [0.15, 0.2) is 21.3 Å². The number of thiazole rings is 1. The van der Waals surface area contributed by atoms with Crippen molar-refractivity contribution in [3.8, 4) is 0 Å². The van der Waals surface area contributed by atoms with E-state index in [4.69, 9.17) is 0 Å². The van der Waals surface area contributed by atoms with Crippen LogP contribution in [0.2, 0.25) is 0 Å². The summed E-state index contributed by atoms with van der Waals surface area (Å²) < 4.78 is 1.16. The number of nitrogens with zero attached hydrogens (tertiary/aromatic N) is 1. The van der Waals surface area contributed by atoms with E-state index < -0.39 is 0 Å². The van der Waals surface area contributed by atoms with E-state index >= 15 is 0 Å². The lowest BCUT2D eigenvalue weighted by atomic mass is 10.3. The van der Waals surface area contributed by atoms with Crippen LogP contribution < -0.4 is 5.32 Å². The van der Waals surface area contributed by atoms with Gasteiger partial charge in [0.25, 0.3) is 0 Å². The van der Waals surface area contributed by atoms with Gasteiger partial charge in [0.05, 0.1) is 6.04 Å². The molecule has 2 aromatic heterocycles. The van der Waals surface area contributed by atoms with E-state index in [0.29, 0.717) is 6.04 Å². The second-order valence-electron chi connectivity index (χ2n) is 3.66. The molecule has 1 N–H and O–H groups in total. The van der Waals surface area contributed by atoms with Crippen molar-refractivity contribution in [3.63, 3.8) is 0 Å². The molecule has 2 heterocycles. The second-order valence-corrected chi connectivity index (χ2v) is 6.46. The van der Waals surface area contributed by atoms with Crippen molar-refractivity contribution in [1.82, 2.24) is 10.3 Å². The average molecular weight is 317 g/mol. The summed E-state index contributed by atoms with van der Waals surface area (Å²) in [5, 5.41) is 8.84. The number of aryl methyl sites for hydroxylation is 1. The first-order valence-corrected chi connectivity index (χ1v) is 7.58. The number of halogens is 1. The maximum Gasteiger partial charge on any atom is 0.110 e. The Morgan fingerprint density at radius 3 is 2.81 bits per heavy atom. The van der Waals surface area contributed by atoms with Gasteiger partial charge in [-0.3, -0.25) is 0 Å². The van der Waals surface area contributed by atoms with Crippen LogP contribution in [-0.2, 0) is 6.54 Å². The molecule has 0 saturated heterocycles. The second kappa shape index (κ2) is 5.40. The van der Waals surface area contributed by atoms with Crippen LogP contribution >= 0.6 is 38.6 Å². The lowest BCUT2D eigenvalue weighted by Crippen LogP contribution is -2.17. The van der Waals surface area contributed by atoms with Gasteiger partial charge in [-0.25, -0.2) is 4.98 Å². The highest BCUT2D eigenvalue weighted by molar-refractivity contribution is 9.10. The number of rotatable bonds is 4. The van der Waals surface area contributed by atoms with E-state index in [-0.39, 0.29) is 0 Å². The van der Waals surface area contributed by atoms with Crippen LogP contribution in [0.4, 0.5) is 0 Å². The first-order valence-electron chi connectivity index (χ1n) is 5.03. The Balaban J connectivity index is 1.91. The largest absolute Gasteiger partial charge is 0.303 e. The predicted octanol–water partition coefficient (Wildman–Crippen LogP) is 4.13. The fourth-order valence-corrected chi connectivity index (χ4v) is 3.59. The number of nitrogens with one attached hydrogen (secondary N) is 1. The topological polar surface area (TPSA) is 24.9 Å². The molecule has 0 fully saturated rings. The summed E-state index contributed by atoms with van der Waals surface area (Å²) in [7, 11) is 0. The lowest BCUT2D eigenvalue weighted by Gasteiger charge is -2.09. The molecule has 86 valence electrons. The Labute approximate surface area is 112 Å². The van der Waals surface area contributed by atoms with Gasteiger partial charge >= 0.3 is 0 Å². The summed E-state index contributed by atoms with van der Waals surface area (Å²) in [6, 6.07) is 2.47. The highest BCUT2D eigenvalue weighted by Gasteiger charge is 2.09. The summed E-state index contributed by atoms with van der Waals surface area (Å²) in [4.78, 5) is 5.82. The molecular formula is C11H13BrN2S2. The average Bonchev–Trinajstić information content (AvgIpc) is 2.84. The van der Waals surface area contributed by atoms with Gasteiger partial charge in [-0.2, -0.15) is 0 Å². The Morgan fingerprint density at radius 1 is 1.44 bits per heavy atom. The zero-order chi connectivity index (χ0) is 11.5. The smallest absolute Gasteiger partial charge is 0.110 e. The molecule has 0 saturated carbocycles. The SMILES string of the molecule is Cc1csc(C(C)NCc2cc(Br)cs2)n1. The number of aromatic nitrogens is 1. The fourth-order valence-electron chi connectivity index (χ4n) is 1.36. The van der Waals surface area contributed by atoms with Crippen LogP contribution in [0.25, 0.3) is 0 Å².